The molecule has 0 unspecified atom stereocenters. The highest BCUT2D eigenvalue weighted by molar-refractivity contribution is 5.33. The number of fused-ring (bicyclic) bond motifs is 1. The maximum atomic E-state index is 4.92. The van der Waals surface area contributed by atoms with Crippen LogP contribution < -0.4 is 10.6 Å². The van der Waals surface area contributed by atoms with Gasteiger partial charge in [-0.15, -0.1) is 0 Å². The van der Waals surface area contributed by atoms with Gasteiger partial charge in [-0.3, -0.25) is 0 Å². The van der Waals surface area contributed by atoms with E-state index in [1.807, 2.05) is 18.2 Å². The molecule has 0 saturated carbocycles. The van der Waals surface area contributed by atoms with Crippen molar-refractivity contribution >= 4 is 0 Å². The molecule has 0 spiro atoms. The van der Waals surface area contributed by atoms with Gasteiger partial charge in [0, 0.05) is 12.0 Å². The zero-order valence-corrected chi connectivity index (χ0v) is 7.12. The third-order valence-electron chi connectivity index (χ3n) is 1.58. The normalized spacial score (nSPS) is 13.5. The highest BCUT2D eigenvalue weighted by Gasteiger charge is 2.08. The lowest BCUT2D eigenvalue weighted by Gasteiger charge is -2.14. The van der Waals surface area contributed by atoms with Crippen molar-refractivity contribution in [2.75, 3.05) is 13.7 Å². The molecular formula is C9H13NO2. The van der Waals surface area contributed by atoms with E-state index in [-0.39, 0.29) is 0 Å². The third-order valence-corrected chi connectivity index (χ3v) is 1.58. The summed E-state index contributed by atoms with van der Waals surface area (Å²) in [6.45, 7) is 0.664. The molecular weight excluding hydrogens is 154 g/mol. The van der Waals surface area contributed by atoms with Crippen LogP contribution >= 0.6 is 0 Å². The van der Waals surface area contributed by atoms with Crippen LogP contribution in [0.3, 0.4) is 0 Å². The van der Waals surface area contributed by atoms with Gasteiger partial charge in [-0.2, -0.15) is 4.89 Å². The molecule has 1 heterocycles. The van der Waals surface area contributed by atoms with Gasteiger partial charge in [0.2, 0.25) is 0 Å². The molecule has 0 atom stereocenters. The first kappa shape index (κ1) is 9.03. The lowest BCUT2D eigenvalue weighted by molar-refractivity contribution is -0.215. The molecule has 0 saturated heterocycles. The molecule has 1 aromatic rings. The van der Waals surface area contributed by atoms with E-state index in [2.05, 4.69) is 11.8 Å². The zero-order valence-electron chi connectivity index (χ0n) is 7.12. The summed E-state index contributed by atoms with van der Waals surface area (Å²) in [5.74, 6) is 0.855. The van der Waals surface area contributed by atoms with Crippen LogP contribution in [-0.2, 0) is 11.3 Å². The van der Waals surface area contributed by atoms with E-state index < -0.39 is 0 Å². The summed E-state index contributed by atoms with van der Waals surface area (Å²) in [7, 11) is 1.50. The molecule has 0 bridgehead atoms. The Labute approximate surface area is 72.0 Å². The van der Waals surface area contributed by atoms with E-state index in [9.17, 15) is 0 Å². The first-order valence-corrected chi connectivity index (χ1v) is 3.92. The van der Waals surface area contributed by atoms with Gasteiger partial charge < -0.3 is 10.6 Å². The van der Waals surface area contributed by atoms with Crippen LogP contribution in [0, 0.1) is 0 Å². The number of nitrogens with two attached hydrogens (primary N) is 1. The predicted molar refractivity (Wildman–Crippen MR) is 46.8 cm³/mol. The van der Waals surface area contributed by atoms with Gasteiger partial charge in [-0.25, -0.2) is 0 Å². The molecule has 3 heteroatoms. The standard InChI is InChI=1S/C8H8O2.CH5N/c1-2-4-8-7(3-1)5-6-9-10-8;1-2/h1-4H,5-6H2;2H2,1H3. The van der Waals surface area contributed by atoms with Crippen LogP contribution in [-0.4, -0.2) is 13.7 Å². The van der Waals surface area contributed by atoms with E-state index in [1.165, 1.54) is 12.6 Å². The van der Waals surface area contributed by atoms with E-state index in [1.54, 1.807) is 0 Å². The van der Waals surface area contributed by atoms with Crippen molar-refractivity contribution in [3.8, 4) is 5.75 Å². The Kier molecular flexibility index (Phi) is 3.57. The van der Waals surface area contributed by atoms with E-state index in [4.69, 9.17) is 9.78 Å². The molecule has 12 heavy (non-hydrogen) atoms. The molecule has 66 valence electrons. The minimum absolute atomic E-state index is 0.664. The van der Waals surface area contributed by atoms with Gasteiger partial charge in [-0.05, 0) is 13.1 Å². The van der Waals surface area contributed by atoms with Gasteiger partial charge in [0.1, 0.15) is 0 Å². The Morgan fingerprint density at radius 2 is 2.00 bits per heavy atom. The second kappa shape index (κ2) is 4.74. The fourth-order valence-electron chi connectivity index (χ4n) is 1.05. The number of benzene rings is 1. The van der Waals surface area contributed by atoms with Crippen molar-refractivity contribution in [2.45, 2.75) is 6.42 Å². The van der Waals surface area contributed by atoms with Crippen LogP contribution in [0.25, 0.3) is 0 Å². The van der Waals surface area contributed by atoms with Crippen molar-refractivity contribution in [1.29, 1.82) is 0 Å². The quantitative estimate of drug-likeness (QED) is 0.589. The highest BCUT2D eigenvalue weighted by Crippen LogP contribution is 2.21. The van der Waals surface area contributed by atoms with Gasteiger partial charge in [0.05, 0.1) is 6.61 Å². The number of hydrogen-bond acceptors (Lipinski definition) is 3. The monoisotopic (exact) mass is 167 g/mol. The Hall–Kier alpha value is -1.06. The Balaban J connectivity index is 0.000000336. The number of para-hydroxylation sites is 1. The molecule has 0 aliphatic carbocycles. The topological polar surface area (TPSA) is 44.5 Å². The zero-order chi connectivity index (χ0) is 8.81. The number of rotatable bonds is 0. The lowest BCUT2D eigenvalue weighted by atomic mass is 10.1. The Bertz CT molecular complexity index is 213. The molecule has 0 aromatic heterocycles. The summed E-state index contributed by atoms with van der Waals surface area (Å²) < 4.78 is 0. The van der Waals surface area contributed by atoms with Crippen LogP contribution in [0.4, 0.5) is 0 Å². The third kappa shape index (κ3) is 1.96. The van der Waals surface area contributed by atoms with Crippen molar-refractivity contribution in [2.24, 2.45) is 5.73 Å². The van der Waals surface area contributed by atoms with Gasteiger partial charge in [0.25, 0.3) is 0 Å². The molecule has 2 rings (SSSR count). The number of hydrogen-bond donors (Lipinski definition) is 1. The van der Waals surface area contributed by atoms with Crippen LogP contribution in [0.2, 0.25) is 0 Å². The highest BCUT2D eigenvalue weighted by atomic mass is 17.2. The summed E-state index contributed by atoms with van der Waals surface area (Å²) >= 11 is 0. The second-order valence-corrected chi connectivity index (χ2v) is 2.26. The van der Waals surface area contributed by atoms with E-state index >= 15 is 0 Å². The van der Waals surface area contributed by atoms with Crippen LogP contribution in [0.15, 0.2) is 24.3 Å². The first-order valence-electron chi connectivity index (χ1n) is 3.92. The minimum Gasteiger partial charge on any atom is -0.337 e. The van der Waals surface area contributed by atoms with E-state index in [0.29, 0.717) is 6.61 Å². The second-order valence-electron chi connectivity index (χ2n) is 2.26. The maximum Gasteiger partial charge on any atom is 0.168 e. The lowest BCUT2D eigenvalue weighted by Crippen LogP contribution is -2.10. The molecule has 3 nitrogen and oxygen atoms in total. The summed E-state index contributed by atoms with van der Waals surface area (Å²) in [6, 6.07) is 7.91. The summed E-state index contributed by atoms with van der Waals surface area (Å²) in [5, 5.41) is 0. The fourth-order valence-corrected chi connectivity index (χ4v) is 1.05. The maximum absolute atomic E-state index is 4.92. The molecule has 0 amide bonds. The predicted octanol–water partition coefficient (Wildman–Crippen LogP) is 1.13. The molecule has 1 aliphatic rings. The molecule has 1 aliphatic heterocycles. The Morgan fingerprint density at radius 1 is 1.25 bits per heavy atom. The summed E-state index contributed by atoms with van der Waals surface area (Å²) in [5.41, 5.74) is 5.73. The average Bonchev–Trinajstić information content (AvgIpc) is 2.21. The Morgan fingerprint density at radius 3 is 2.75 bits per heavy atom. The van der Waals surface area contributed by atoms with Gasteiger partial charge in [0.15, 0.2) is 5.75 Å². The van der Waals surface area contributed by atoms with Crippen molar-refractivity contribution in [3.63, 3.8) is 0 Å². The van der Waals surface area contributed by atoms with Crippen molar-refractivity contribution < 1.29 is 9.78 Å². The minimum atomic E-state index is 0.664. The van der Waals surface area contributed by atoms with Gasteiger partial charge >= 0.3 is 0 Å². The summed E-state index contributed by atoms with van der Waals surface area (Å²) in [4.78, 5) is 9.72. The first-order chi connectivity index (χ1) is 5.97. The SMILES string of the molecule is CN.c1ccc2c(c1)CCOO2. The fraction of sp³-hybridized carbons (Fsp3) is 0.333. The van der Waals surface area contributed by atoms with Crippen LogP contribution in [0.1, 0.15) is 5.56 Å². The molecule has 0 radical (unpaired) electrons. The largest absolute Gasteiger partial charge is 0.337 e. The van der Waals surface area contributed by atoms with E-state index in [0.717, 1.165) is 12.2 Å². The van der Waals surface area contributed by atoms with Gasteiger partial charge in [-0.1, -0.05) is 18.2 Å². The molecule has 1 aromatic carbocycles. The molecule has 2 N–H and O–H groups in total. The van der Waals surface area contributed by atoms with Crippen molar-refractivity contribution in [1.82, 2.24) is 0 Å². The average molecular weight is 167 g/mol. The molecule has 0 fully saturated rings. The van der Waals surface area contributed by atoms with Crippen LogP contribution in [0.5, 0.6) is 5.75 Å². The summed E-state index contributed by atoms with van der Waals surface area (Å²) in [6.07, 6.45) is 0.955. The smallest absolute Gasteiger partial charge is 0.168 e. The van der Waals surface area contributed by atoms with Crippen molar-refractivity contribution in [3.05, 3.63) is 29.8 Å².